The Hall–Kier alpha value is -1.36. The molecule has 1 amide bonds. The molecular formula is C16H23ClN2O2. The number of hydrogen-bond donors (Lipinski definition) is 2. The van der Waals surface area contributed by atoms with Gasteiger partial charge in [0.1, 0.15) is 0 Å². The van der Waals surface area contributed by atoms with Gasteiger partial charge in [-0.1, -0.05) is 29.8 Å². The van der Waals surface area contributed by atoms with E-state index in [1.807, 2.05) is 37.2 Å². The summed E-state index contributed by atoms with van der Waals surface area (Å²) in [6.07, 6.45) is 1.73. The van der Waals surface area contributed by atoms with Crippen LogP contribution in [0.15, 0.2) is 29.8 Å². The lowest BCUT2D eigenvalue weighted by atomic mass is 10.1. The number of nitrogens with zero attached hydrogens (tertiary/aromatic N) is 1. The fourth-order valence-electron chi connectivity index (χ4n) is 2.04. The van der Waals surface area contributed by atoms with E-state index in [9.17, 15) is 9.90 Å². The second-order valence-corrected chi connectivity index (χ2v) is 6.17. The topological polar surface area (TPSA) is 52.6 Å². The lowest BCUT2D eigenvalue weighted by molar-refractivity contribution is -0.118. The number of likely N-dealkylation sites (N-methyl/N-ethyl adjacent to an activating group) is 1. The highest BCUT2D eigenvalue weighted by Crippen LogP contribution is 2.18. The molecule has 1 aromatic rings. The summed E-state index contributed by atoms with van der Waals surface area (Å²) in [5, 5.41) is 13.5. The van der Waals surface area contributed by atoms with E-state index in [2.05, 4.69) is 5.32 Å². The quantitative estimate of drug-likeness (QED) is 0.792. The van der Waals surface area contributed by atoms with Crippen LogP contribution >= 0.6 is 11.6 Å². The van der Waals surface area contributed by atoms with Gasteiger partial charge in [0, 0.05) is 23.7 Å². The van der Waals surface area contributed by atoms with Gasteiger partial charge in [-0.15, -0.1) is 0 Å². The molecule has 4 nitrogen and oxygen atoms in total. The van der Waals surface area contributed by atoms with Gasteiger partial charge in [0.2, 0.25) is 5.91 Å². The third kappa shape index (κ3) is 6.29. The van der Waals surface area contributed by atoms with E-state index in [1.54, 1.807) is 26.0 Å². The molecule has 0 heterocycles. The highest BCUT2D eigenvalue weighted by atomic mass is 35.5. The number of amides is 1. The second-order valence-electron chi connectivity index (χ2n) is 5.77. The van der Waals surface area contributed by atoms with Gasteiger partial charge in [-0.3, -0.25) is 4.79 Å². The molecule has 0 saturated heterocycles. The van der Waals surface area contributed by atoms with Crippen LogP contribution in [0, 0.1) is 0 Å². The molecule has 5 heteroatoms. The van der Waals surface area contributed by atoms with Gasteiger partial charge in [-0.25, -0.2) is 0 Å². The van der Waals surface area contributed by atoms with Crippen LogP contribution in [-0.2, 0) is 4.79 Å². The van der Waals surface area contributed by atoms with Crippen molar-refractivity contribution < 1.29 is 9.90 Å². The maximum absolute atomic E-state index is 12.0. The van der Waals surface area contributed by atoms with Crippen LogP contribution in [0.25, 0.3) is 6.08 Å². The van der Waals surface area contributed by atoms with Crippen LogP contribution in [0.1, 0.15) is 19.4 Å². The summed E-state index contributed by atoms with van der Waals surface area (Å²) in [7, 11) is 3.75. The fourth-order valence-corrected chi connectivity index (χ4v) is 2.23. The molecule has 0 saturated carbocycles. The van der Waals surface area contributed by atoms with Crippen molar-refractivity contribution in [3.63, 3.8) is 0 Å². The summed E-state index contributed by atoms with van der Waals surface area (Å²) in [4.78, 5) is 13.9. The molecule has 0 aliphatic heterocycles. The molecule has 0 spiro atoms. The zero-order chi connectivity index (χ0) is 16.0. The zero-order valence-electron chi connectivity index (χ0n) is 13.0. The molecule has 0 bridgehead atoms. The third-order valence-electron chi connectivity index (χ3n) is 2.92. The number of nitrogens with one attached hydrogen (secondary N) is 1. The Morgan fingerprint density at radius 3 is 2.62 bits per heavy atom. The van der Waals surface area contributed by atoms with Crippen LogP contribution in [0.5, 0.6) is 0 Å². The van der Waals surface area contributed by atoms with E-state index < -0.39 is 5.60 Å². The summed E-state index contributed by atoms with van der Waals surface area (Å²) >= 11 is 6.06. The van der Waals surface area contributed by atoms with Gasteiger partial charge in [-0.2, -0.15) is 0 Å². The van der Waals surface area contributed by atoms with E-state index in [-0.39, 0.29) is 12.5 Å². The lowest BCUT2D eigenvalue weighted by Gasteiger charge is -2.27. The van der Waals surface area contributed by atoms with Gasteiger partial charge in [0.05, 0.1) is 5.60 Å². The maximum atomic E-state index is 12.0. The van der Waals surface area contributed by atoms with Crippen LogP contribution in [-0.4, -0.2) is 48.7 Å². The van der Waals surface area contributed by atoms with Gasteiger partial charge >= 0.3 is 0 Å². The Morgan fingerprint density at radius 2 is 2.05 bits per heavy atom. The first-order valence-electron chi connectivity index (χ1n) is 6.79. The molecule has 0 aliphatic carbocycles. The highest BCUT2D eigenvalue weighted by molar-refractivity contribution is 6.32. The molecular weight excluding hydrogens is 288 g/mol. The molecule has 1 atom stereocenters. The summed E-state index contributed by atoms with van der Waals surface area (Å²) in [6, 6.07) is 7.33. The monoisotopic (exact) mass is 310 g/mol. The molecule has 0 fully saturated rings. The van der Waals surface area contributed by atoms with Crippen molar-refractivity contribution in [2.24, 2.45) is 0 Å². The van der Waals surface area contributed by atoms with E-state index >= 15 is 0 Å². The van der Waals surface area contributed by atoms with E-state index in [0.717, 1.165) is 5.56 Å². The number of halogens is 1. The number of hydrogen-bond acceptors (Lipinski definition) is 3. The number of carbonyl (C=O) groups excluding carboxylic acids is 1. The minimum Gasteiger partial charge on any atom is -0.387 e. The minimum atomic E-state index is -0.968. The molecule has 1 aromatic carbocycles. The molecule has 1 rings (SSSR count). The molecule has 2 N–H and O–H groups in total. The fraction of sp³-hybridized carbons (Fsp3) is 0.438. The standard InChI is InChI=1S/C16H23ClN2O2/c1-12(9-13-7-5-6-8-14(13)17)15(20)18-10-16(2,21)11-19(3)4/h5-9,21H,10-11H2,1-4H3,(H,18,20)/b12-9+. The Labute approximate surface area is 131 Å². The molecule has 1 unspecified atom stereocenters. The number of rotatable bonds is 6. The second kappa shape index (κ2) is 7.59. The number of aliphatic hydroxyl groups is 1. The lowest BCUT2D eigenvalue weighted by Crippen LogP contribution is -2.47. The Bertz CT molecular complexity index is 525. The summed E-state index contributed by atoms with van der Waals surface area (Å²) < 4.78 is 0. The Balaban J connectivity index is 2.65. The smallest absolute Gasteiger partial charge is 0.247 e. The van der Waals surface area contributed by atoms with Crippen LogP contribution in [0.4, 0.5) is 0 Å². The molecule has 21 heavy (non-hydrogen) atoms. The average Bonchev–Trinajstić information content (AvgIpc) is 2.37. The van der Waals surface area contributed by atoms with Crippen molar-refractivity contribution in [1.82, 2.24) is 10.2 Å². The van der Waals surface area contributed by atoms with Crippen molar-refractivity contribution in [1.29, 1.82) is 0 Å². The largest absolute Gasteiger partial charge is 0.387 e. The van der Waals surface area contributed by atoms with E-state index in [4.69, 9.17) is 11.6 Å². The average molecular weight is 311 g/mol. The molecule has 116 valence electrons. The first-order valence-corrected chi connectivity index (χ1v) is 7.17. The maximum Gasteiger partial charge on any atom is 0.247 e. The first kappa shape index (κ1) is 17.7. The van der Waals surface area contributed by atoms with Crippen LogP contribution in [0.3, 0.4) is 0 Å². The van der Waals surface area contributed by atoms with Gasteiger partial charge < -0.3 is 15.3 Å². The normalized spacial score (nSPS) is 14.9. The van der Waals surface area contributed by atoms with Crippen molar-refractivity contribution >= 4 is 23.6 Å². The first-order chi connectivity index (χ1) is 9.71. The SMILES string of the molecule is C/C(=C\c1ccccc1Cl)C(=O)NCC(C)(O)CN(C)C. The van der Waals surface area contributed by atoms with Crippen molar-refractivity contribution in [3.8, 4) is 0 Å². The van der Waals surface area contributed by atoms with E-state index in [1.165, 1.54) is 0 Å². The predicted molar refractivity (Wildman–Crippen MR) is 87.3 cm³/mol. The minimum absolute atomic E-state index is 0.192. The van der Waals surface area contributed by atoms with Gasteiger partial charge in [0.25, 0.3) is 0 Å². The Morgan fingerprint density at radius 1 is 1.43 bits per heavy atom. The molecule has 0 aliphatic rings. The van der Waals surface area contributed by atoms with Crippen LogP contribution < -0.4 is 5.32 Å². The van der Waals surface area contributed by atoms with Crippen molar-refractivity contribution in [2.45, 2.75) is 19.4 Å². The van der Waals surface area contributed by atoms with Gasteiger partial charge in [-0.05, 0) is 45.6 Å². The summed E-state index contributed by atoms with van der Waals surface area (Å²) in [5.41, 5.74) is 0.375. The van der Waals surface area contributed by atoms with Gasteiger partial charge in [0.15, 0.2) is 0 Å². The van der Waals surface area contributed by atoms with Crippen molar-refractivity contribution in [3.05, 3.63) is 40.4 Å². The van der Waals surface area contributed by atoms with E-state index in [0.29, 0.717) is 17.1 Å². The number of benzene rings is 1. The highest BCUT2D eigenvalue weighted by Gasteiger charge is 2.22. The zero-order valence-corrected chi connectivity index (χ0v) is 13.7. The molecule has 0 radical (unpaired) electrons. The molecule has 0 aromatic heterocycles. The van der Waals surface area contributed by atoms with Crippen LogP contribution in [0.2, 0.25) is 5.02 Å². The third-order valence-corrected chi connectivity index (χ3v) is 3.27. The number of carbonyl (C=O) groups is 1. The van der Waals surface area contributed by atoms with Crippen molar-refractivity contribution in [2.75, 3.05) is 27.2 Å². The summed E-state index contributed by atoms with van der Waals surface area (Å²) in [5.74, 6) is -0.214. The predicted octanol–water partition coefficient (Wildman–Crippen LogP) is 2.17. The summed E-state index contributed by atoms with van der Waals surface area (Å²) in [6.45, 7) is 4.08. The Kier molecular flexibility index (Phi) is 6.40.